The molecule has 0 unspecified atom stereocenters. The summed E-state index contributed by atoms with van der Waals surface area (Å²) in [5.74, 6) is 0.0581. The van der Waals surface area contributed by atoms with Crippen LogP contribution in [0.2, 0.25) is 0 Å². The van der Waals surface area contributed by atoms with Gasteiger partial charge in [0.15, 0.2) is 0 Å². The van der Waals surface area contributed by atoms with Gasteiger partial charge in [-0.25, -0.2) is 0 Å². The second-order valence-corrected chi connectivity index (χ2v) is 7.28. The third-order valence-electron chi connectivity index (χ3n) is 4.07. The normalized spacial score (nSPS) is 20.7. The van der Waals surface area contributed by atoms with Crippen molar-refractivity contribution < 1.29 is 13.5 Å². The first-order valence-electron chi connectivity index (χ1n) is 7.19. The maximum Gasteiger partial charge on any atom is 0.304 e. The van der Waals surface area contributed by atoms with E-state index in [-0.39, 0.29) is 5.75 Å². The molecule has 0 bridgehead atoms. The Kier molecular flexibility index (Phi) is 3.60. The van der Waals surface area contributed by atoms with E-state index in [1.54, 1.807) is 16.4 Å². The third-order valence-corrected chi connectivity index (χ3v) is 6.01. The maximum absolute atomic E-state index is 12.8. The minimum Gasteiger partial charge on any atom is -0.506 e. The fraction of sp³-hybridized carbons (Fsp3) is 0.571. The van der Waals surface area contributed by atoms with Crippen molar-refractivity contribution in [2.45, 2.75) is 32.1 Å². The average molecular weight is 296 g/mol. The van der Waals surface area contributed by atoms with Crippen molar-refractivity contribution in [3.8, 4) is 5.75 Å². The Morgan fingerprint density at radius 2 is 1.75 bits per heavy atom. The summed E-state index contributed by atoms with van der Waals surface area (Å²) in [5.41, 5.74) is 1.39. The molecule has 1 aromatic carbocycles. The zero-order valence-electron chi connectivity index (χ0n) is 11.5. The third kappa shape index (κ3) is 2.27. The molecule has 1 N–H and O–H groups in total. The van der Waals surface area contributed by atoms with Crippen molar-refractivity contribution in [1.29, 1.82) is 0 Å². The van der Waals surface area contributed by atoms with Crippen molar-refractivity contribution in [2.24, 2.45) is 0 Å². The number of para-hydroxylation sites is 1. The van der Waals surface area contributed by atoms with Crippen LogP contribution in [0.5, 0.6) is 5.75 Å². The minimum absolute atomic E-state index is 0.0581. The maximum atomic E-state index is 12.8. The molecule has 110 valence electrons. The number of benzene rings is 1. The van der Waals surface area contributed by atoms with E-state index in [2.05, 4.69) is 0 Å². The molecule has 0 radical (unpaired) electrons. The van der Waals surface area contributed by atoms with Crippen LogP contribution in [0.25, 0.3) is 0 Å². The second-order valence-electron chi connectivity index (χ2n) is 5.43. The largest absolute Gasteiger partial charge is 0.506 e. The molecule has 0 atom stereocenters. The topological polar surface area (TPSA) is 60.9 Å². The Morgan fingerprint density at radius 1 is 1.00 bits per heavy atom. The van der Waals surface area contributed by atoms with E-state index >= 15 is 0 Å². The molecule has 5 nitrogen and oxygen atoms in total. The molecule has 0 saturated carbocycles. The van der Waals surface area contributed by atoms with Gasteiger partial charge in [0.05, 0.1) is 5.69 Å². The summed E-state index contributed by atoms with van der Waals surface area (Å²) in [7, 11) is -3.51. The van der Waals surface area contributed by atoms with E-state index < -0.39 is 10.2 Å². The number of piperidine rings is 1. The molecule has 2 aliphatic heterocycles. The molecular weight excluding hydrogens is 276 g/mol. The lowest BCUT2D eigenvalue weighted by Gasteiger charge is -2.36. The van der Waals surface area contributed by atoms with E-state index in [1.165, 1.54) is 4.31 Å². The molecule has 3 rings (SSSR count). The quantitative estimate of drug-likeness (QED) is 0.906. The summed E-state index contributed by atoms with van der Waals surface area (Å²) in [6.45, 7) is 1.62. The molecule has 0 amide bonds. The van der Waals surface area contributed by atoms with Crippen LogP contribution in [0.4, 0.5) is 5.69 Å². The van der Waals surface area contributed by atoms with Gasteiger partial charge in [-0.05, 0) is 37.3 Å². The summed E-state index contributed by atoms with van der Waals surface area (Å²) >= 11 is 0. The Hall–Kier alpha value is -1.27. The number of aryl methyl sites for hydroxylation is 1. The van der Waals surface area contributed by atoms with Crippen molar-refractivity contribution in [1.82, 2.24) is 4.31 Å². The van der Waals surface area contributed by atoms with Gasteiger partial charge in [-0.2, -0.15) is 12.7 Å². The van der Waals surface area contributed by atoms with E-state index in [4.69, 9.17) is 0 Å². The number of aromatic hydroxyl groups is 1. The summed E-state index contributed by atoms with van der Waals surface area (Å²) in [6.07, 6.45) is 4.54. The predicted molar refractivity (Wildman–Crippen MR) is 78.1 cm³/mol. The highest BCUT2D eigenvalue weighted by atomic mass is 32.2. The number of phenolic OH excluding ortho intramolecular Hbond substituents is 1. The minimum atomic E-state index is -3.51. The van der Waals surface area contributed by atoms with Gasteiger partial charge in [0.25, 0.3) is 0 Å². The zero-order chi connectivity index (χ0) is 14.2. The molecule has 0 aromatic heterocycles. The lowest BCUT2D eigenvalue weighted by Crippen LogP contribution is -2.47. The second kappa shape index (κ2) is 5.26. The Morgan fingerprint density at radius 3 is 2.50 bits per heavy atom. The lowest BCUT2D eigenvalue weighted by molar-refractivity contribution is 0.344. The standard InChI is InChI=1S/C14H20N2O3S/c17-13-8-4-6-12-7-5-11-16(14(12)13)20(18,19)15-9-2-1-3-10-15/h4,6,8,17H,1-3,5,7,9-11H2. The number of phenols is 1. The fourth-order valence-electron chi connectivity index (χ4n) is 3.06. The summed E-state index contributed by atoms with van der Waals surface area (Å²) in [4.78, 5) is 0. The first kappa shape index (κ1) is 13.7. The number of hydrogen-bond acceptors (Lipinski definition) is 3. The molecule has 1 fully saturated rings. The zero-order valence-corrected chi connectivity index (χ0v) is 12.3. The van der Waals surface area contributed by atoms with Gasteiger partial charge in [0.1, 0.15) is 5.75 Å². The van der Waals surface area contributed by atoms with Crippen molar-refractivity contribution in [3.05, 3.63) is 23.8 Å². The number of hydrogen-bond donors (Lipinski definition) is 1. The van der Waals surface area contributed by atoms with Gasteiger partial charge in [0, 0.05) is 19.6 Å². The molecule has 2 heterocycles. The molecule has 0 spiro atoms. The molecular formula is C14H20N2O3S. The number of anilines is 1. The van der Waals surface area contributed by atoms with Crippen LogP contribution >= 0.6 is 0 Å². The highest BCUT2D eigenvalue weighted by Gasteiger charge is 2.34. The number of fused-ring (bicyclic) bond motifs is 1. The van der Waals surface area contributed by atoms with Gasteiger partial charge in [-0.3, -0.25) is 4.31 Å². The van der Waals surface area contributed by atoms with Crippen LogP contribution in [-0.2, 0) is 16.6 Å². The predicted octanol–water partition coefficient (Wildman–Crippen LogP) is 1.88. The molecule has 2 aliphatic rings. The monoisotopic (exact) mass is 296 g/mol. The van der Waals surface area contributed by atoms with Crippen LogP contribution in [-0.4, -0.2) is 37.5 Å². The first-order valence-corrected chi connectivity index (χ1v) is 8.59. The summed E-state index contributed by atoms with van der Waals surface area (Å²) in [5, 5.41) is 10.1. The highest BCUT2D eigenvalue weighted by molar-refractivity contribution is 7.90. The Bertz CT molecular complexity index is 594. The Labute approximate surface area is 120 Å². The molecule has 1 aromatic rings. The lowest BCUT2D eigenvalue weighted by atomic mass is 10.0. The van der Waals surface area contributed by atoms with Crippen LogP contribution in [0.1, 0.15) is 31.2 Å². The fourth-order valence-corrected chi connectivity index (χ4v) is 4.86. The van der Waals surface area contributed by atoms with Gasteiger partial charge in [-0.1, -0.05) is 18.6 Å². The van der Waals surface area contributed by atoms with E-state index in [0.29, 0.717) is 25.3 Å². The highest BCUT2D eigenvalue weighted by Crippen LogP contribution is 2.38. The smallest absolute Gasteiger partial charge is 0.304 e. The molecule has 0 aliphatic carbocycles. The van der Waals surface area contributed by atoms with Crippen LogP contribution in [0.15, 0.2) is 18.2 Å². The van der Waals surface area contributed by atoms with Crippen molar-refractivity contribution in [2.75, 3.05) is 23.9 Å². The summed E-state index contributed by atoms with van der Waals surface area (Å²) < 4.78 is 28.5. The van der Waals surface area contributed by atoms with Crippen LogP contribution in [0.3, 0.4) is 0 Å². The van der Waals surface area contributed by atoms with Crippen molar-refractivity contribution in [3.63, 3.8) is 0 Å². The number of nitrogens with zero attached hydrogens (tertiary/aromatic N) is 2. The average Bonchev–Trinajstić information content (AvgIpc) is 2.48. The van der Waals surface area contributed by atoms with E-state index in [1.807, 2.05) is 6.07 Å². The molecule has 20 heavy (non-hydrogen) atoms. The van der Waals surface area contributed by atoms with Gasteiger partial charge in [-0.15, -0.1) is 0 Å². The van der Waals surface area contributed by atoms with Gasteiger partial charge >= 0.3 is 10.2 Å². The summed E-state index contributed by atoms with van der Waals surface area (Å²) in [6, 6.07) is 5.22. The molecule has 6 heteroatoms. The van der Waals surface area contributed by atoms with Crippen molar-refractivity contribution >= 4 is 15.9 Å². The Balaban J connectivity index is 1.99. The van der Waals surface area contributed by atoms with Gasteiger partial charge in [0.2, 0.25) is 0 Å². The first-order chi connectivity index (χ1) is 9.60. The molecule has 1 saturated heterocycles. The van der Waals surface area contributed by atoms with Crippen LogP contribution < -0.4 is 4.31 Å². The van der Waals surface area contributed by atoms with Gasteiger partial charge < -0.3 is 5.11 Å². The van der Waals surface area contributed by atoms with E-state index in [0.717, 1.165) is 37.7 Å². The SMILES string of the molecule is O=S(=O)(N1CCCCC1)N1CCCc2cccc(O)c21. The number of rotatable bonds is 2. The van der Waals surface area contributed by atoms with E-state index in [9.17, 15) is 13.5 Å². The van der Waals surface area contributed by atoms with Crippen LogP contribution in [0, 0.1) is 0 Å².